The first-order chi connectivity index (χ1) is 8.97. The van der Waals surface area contributed by atoms with E-state index in [0.717, 1.165) is 10.0 Å². The highest BCUT2D eigenvalue weighted by molar-refractivity contribution is 9.10. The molecule has 0 aliphatic carbocycles. The molecular formula is C14H12BrClN2O. The van der Waals surface area contributed by atoms with Crippen molar-refractivity contribution in [1.29, 1.82) is 0 Å². The summed E-state index contributed by atoms with van der Waals surface area (Å²) in [6.07, 6.45) is 0. The van der Waals surface area contributed by atoms with Crippen LogP contribution >= 0.6 is 27.5 Å². The summed E-state index contributed by atoms with van der Waals surface area (Å²) in [7, 11) is 0. The van der Waals surface area contributed by atoms with Gasteiger partial charge in [0.15, 0.2) is 0 Å². The van der Waals surface area contributed by atoms with Crippen LogP contribution in [0.2, 0.25) is 5.02 Å². The van der Waals surface area contributed by atoms with E-state index in [2.05, 4.69) is 21.2 Å². The van der Waals surface area contributed by atoms with Crippen molar-refractivity contribution in [3.05, 3.63) is 57.0 Å². The summed E-state index contributed by atoms with van der Waals surface area (Å²) in [5.41, 5.74) is 8.27. The van der Waals surface area contributed by atoms with E-state index < -0.39 is 0 Å². The van der Waals surface area contributed by atoms with E-state index >= 15 is 0 Å². The molecule has 3 nitrogen and oxygen atoms in total. The highest BCUT2D eigenvalue weighted by Crippen LogP contribution is 2.23. The lowest BCUT2D eigenvalue weighted by Crippen LogP contribution is -2.13. The van der Waals surface area contributed by atoms with Crippen molar-refractivity contribution in [2.24, 2.45) is 0 Å². The molecule has 0 aromatic heterocycles. The fraction of sp³-hybridized carbons (Fsp3) is 0.0714. The molecule has 2 rings (SSSR count). The predicted molar refractivity (Wildman–Crippen MR) is 82.7 cm³/mol. The number of hydrogen-bond donors (Lipinski definition) is 2. The van der Waals surface area contributed by atoms with Gasteiger partial charge in [-0.25, -0.2) is 0 Å². The number of nitrogens with two attached hydrogens (primary N) is 1. The van der Waals surface area contributed by atoms with Gasteiger partial charge in [-0.1, -0.05) is 33.6 Å². The maximum Gasteiger partial charge on any atom is 0.255 e. The lowest BCUT2D eigenvalue weighted by Gasteiger charge is -2.09. The van der Waals surface area contributed by atoms with Crippen LogP contribution in [0.5, 0.6) is 0 Å². The zero-order valence-electron chi connectivity index (χ0n) is 10.2. The number of aryl methyl sites for hydroxylation is 1. The summed E-state index contributed by atoms with van der Waals surface area (Å²) in [5.74, 6) is -0.180. The van der Waals surface area contributed by atoms with Gasteiger partial charge in [0.05, 0.1) is 10.7 Å². The first kappa shape index (κ1) is 13.9. The average molecular weight is 340 g/mol. The molecule has 0 spiro atoms. The van der Waals surface area contributed by atoms with Gasteiger partial charge in [0, 0.05) is 15.7 Å². The Hall–Kier alpha value is -1.52. The van der Waals surface area contributed by atoms with Gasteiger partial charge in [0.1, 0.15) is 0 Å². The summed E-state index contributed by atoms with van der Waals surface area (Å²) in [6, 6.07) is 10.6. The molecule has 19 heavy (non-hydrogen) atoms. The van der Waals surface area contributed by atoms with E-state index in [1.165, 1.54) is 0 Å². The van der Waals surface area contributed by atoms with Crippen LogP contribution in [0.4, 0.5) is 11.4 Å². The molecule has 0 bridgehead atoms. The third kappa shape index (κ3) is 3.28. The topological polar surface area (TPSA) is 55.1 Å². The Labute approximate surface area is 124 Å². The minimum absolute atomic E-state index is 0.180. The van der Waals surface area contributed by atoms with Gasteiger partial charge in [0.2, 0.25) is 0 Å². The minimum atomic E-state index is -0.180. The summed E-state index contributed by atoms with van der Waals surface area (Å²) in [5, 5.41) is 3.27. The van der Waals surface area contributed by atoms with E-state index in [-0.39, 0.29) is 5.91 Å². The van der Waals surface area contributed by atoms with E-state index in [1.54, 1.807) is 24.3 Å². The van der Waals surface area contributed by atoms with Crippen LogP contribution < -0.4 is 11.1 Å². The second-order valence-electron chi connectivity index (χ2n) is 4.15. The molecule has 0 heterocycles. The van der Waals surface area contributed by atoms with Crippen LogP contribution in [0.3, 0.4) is 0 Å². The molecule has 98 valence electrons. The lowest BCUT2D eigenvalue weighted by molar-refractivity contribution is 0.102. The Morgan fingerprint density at radius 3 is 2.68 bits per heavy atom. The Balaban J connectivity index is 2.25. The van der Waals surface area contributed by atoms with E-state index in [9.17, 15) is 4.79 Å². The Bertz CT molecular complexity index is 643. The van der Waals surface area contributed by atoms with Crippen LogP contribution in [-0.4, -0.2) is 5.91 Å². The Morgan fingerprint density at radius 2 is 2.00 bits per heavy atom. The minimum Gasteiger partial charge on any atom is -0.397 e. The molecule has 0 saturated heterocycles. The standard InChI is InChI=1S/C14H12BrClN2O/c1-8-2-3-9(15)6-11(8)14(19)18-10-4-5-12(16)13(17)7-10/h2-7H,17H2,1H3,(H,18,19). The van der Waals surface area contributed by atoms with Gasteiger partial charge in [-0.05, 0) is 42.8 Å². The summed E-state index contributed by atoms with van der Waals surface area (Å²) in [4.78, 5) is 12.2. The first-order valence-electron chi connectivity index (χ1n) is 5.60. The first-order valence-corrected chi connectivity index (χ1v) is 6.77. The van der Waals surface area contributed by atoms with Gasteiger partial charge >= 0.3 is 0 Å². The number of benzene rings is 2. The SMILES string of the molecule is Cc1ccc(Br)cc1C(=O)Nc1ccc(Cl)c(N)c1. The molecule has 2 aromatic carbocycles. The number of halogens is 2. The fourth-order valence-electron chi connectivity index (χ4n) is 1.66. The number of nitrogens with one attached hydrogen (secondary N) is 1. The van der Waals surface area contributed by atoms with Crippen LogP contribution in [0.25, 0.3) is 0 Å². The van der Waals surface area contributed by atoms with E-state index in [0.29, 0.717) is 22.0 Å². The molecule has 0 unspecified atom stereocenters. The van der Waals surface area contributed by atoms with E-state index in [1.807, 2.05) is 19.1 Å². The molecule has 0 aliphatic heterocycles. The summed E-state index contributed by atoms with van der Waals surface area (Å²) in [6.45, 7) is 1.89. The molecule has 2 aromatic rings. The second kappa shape index (κ2) is 5.63. The number of amides is 1. The smallest absolute Gasteiger partial charge is 0.255 e. The van der Waals surface area contributed by atoms with Gasteiger partial charge in [0.25, 0.3) is 5.91 Å². The van der Waals surface area contributed by atoms with Crippen molar-refractivity contribution in [2.75, 3.05) is 11.1 Å². The van der Waals surface area contributed by atoms with Crippen LogP contribution in [0.1, 0.15) is 15.9 Å². The van der Waals surface area contributed by atoms with Crippen molar-refractivity contribution in [3.8, 4) is 0 Å². The average Bonchev–Trinajstić information content (AvgIpc) is 2.36. The largest absolute Gasteiger partial charge is 0.397 e. The van der Waals surface area contributed by atoms with Gasteiger partial charge in [-0.15, -0.1) is 0 Å². The van der Waals surface area contributed by atoms with Crippen molar-refractivity contribution in [3.63, 3.8) is 0 Å². The lowest BCUT2D eigenvalue weighted by atomic mass is 10.1. The molecule has 0 aliphatic rings. The van der Waals surface area contributed by atoms with Crippen molar-refractivity contribution in [2.45, 2.75) is 6.92 Å². The zero-order chi connectivity index (χ0) is 14.0. The number of carbonyl (C=O) groups excluding carboxylic acids is 1. The molecule has 3 N–H and O–H groups in total. The van der Waals surface area contributed by atoms with Crippen molar-refractivity contribution < 1.29 is 4.79 Å². The second-order valence-corrected chi connectivity index (χ2v) is 5.47. The number of carbonyl (C=O) groups is 1. The van der Waals surface area contributed by atoms with Crippen LogP contribution in [0, 0.1) is 6.92 Å². The molecule has 0 radical (unpaired) electrons. The van der Waals surface area contributed by atoms with E-state index in [4.69, 9.17) is 17.3 Å². The molecule has 0 atom stereocenters. The monoisotopic (exact) mass is 338 g/mol. The Morgan fingerprint density at radius 1 is 1.26 bits per heavy atom. The van der Waals surface area contributed by atoms with Gasteiger partial charge in [-0.2, -0.15) is 0 Å². The van der Waals surface area contributed by atoms with Crippen molar-refractivity contribution >= 4 is 44.8 Å². The molecule has 0 fully saturated rings. The normalized spacial score (nSPS) is 10.3. The van der Waals surface area contributed by atoms with Crippen LogP contribution in [-0.2, 0) is 0 Å². The third-order valence-electron chi connectivity index (χ3n) is 2.70. The Kier molecular flexibility index (Phi) is 4.12. The number of anilines is 2. The molecule has 5 heteroatoms. The van der Waals surface area contributed by atoms with Crippen molar-refractivity contribution in [1.82, 2.24) is 0 Å². The fourth-order valence-corrected chi connectivity index (χ4v) is 2.14. The third-order valence-corrected chi connectivity index (χ3v) is 3.54. The molecule has 0 saturated carbocycles. The molecular weight excluding hydrogens is 328 g/mol. The van der Waals surface area contributed by atoms with Crippen LogP contribution in [0.15, 0.2) is 40.9 Å². The summed E-state index contributed by atoms with van der Waals surface area (Å²) < 4.78 is 0.860. The predicted octanol–water partition coefficient (Wildman–Crippen LogP) is 4.25. The number of rotatable bonds is 2. The maximum absolute atomic E-state index is 12.2. The summed E-state index contributed by atoms with van der Waals surface area (Å²) >= 11 is 9.19. The molecule has 1 amide bonds. The van der Waals surface area contributed by atoms with Gasteiger partial charge in [-0.3, -0.25) is 4.79 Å². The van der Waals surface area contributed by atoms with Gasteiger partial charge < -0.3 is 11.1 Å². The number of hydrogen-bond acceptors (Lipinski definition) is 2. The maximum atomic E-state index is 12.2. The zero-order valence-corrected chi connectivity index (χ0v) is 12.5. The highest BCUT2D eigenvalue weighted by Gasteiger charge is 2.10. The highest BCUT2D eigenvalue weighted by atomic mass is 79.9. The quantitative estimate of drug-likeness (QED) is 0.804. The number of nitrogen functional groups attached to an aromatic ring is 1.